The van der Waals surface area contributed by atoms with Crippen LogP contribution in [0.5, 0.6) is 0 Å². The van der Waals surface area contributed by atoms with Crippen molar-refractivity contribution in [2.45, 2.75) is 20.8 Å². The second-order valence-corrected chi connectivity index (χ2v) is 7.29. The number of ketones is 1. The maximum Gasteiger partial charge on any atom is 0.230 e. The second kappa shape index (κ2) is 8.45. The third-order valence-corrected chi connectivity index (χ3v) is 5.29. The molecule has 0 spiro atoms. The highest BCUT2D eigenvalue weighted by atomic mass is 32.1. The largest absolute Gasteiger partial charge is 0.289 e. The molecule has 0 aliphatic carbocycles. The van der Waals surface area contributed by atoms with E-state index in [2.05, 4.69) is 4.98 Å². The molecule has 0 atom stereocenters. The summed E-state index contributed by atoms with van der Waals surface area (Å²) >= 11 is 1.27. The van der Waals surface area contributed by atoms with Crippen molar-refractivity contribution in [2.75, 3.05) is 4.90 Å². The van der Waals surface area contributed by atoms with Crippen molar-refractivity contribution in [3.63, 3.8) is 0 Å². The number of carbonyl (C=O) groups is 2. The fourth-order valence-electron chi connectivity index (χ4n) is 2.75. The van der Waals surface area contributed by atoms with Gasteiger partial charge in [0, 0.05) is 17.9 Å². The average molecular weight is 412 g/mol. The highest BCUT2D eigenvalue weighted by Crippen LogP contribution is 2.32. The first-order valence-electron chi connectivity index (χ1n) is 8.78. The number of aromatic nitrogens is 1. The average Bonchev–Trinajstić information content (AvgIpc) is 3.14. The Labute approximate surface area is 171 Å². The van der Waals surface area contributed by atoms with E-state index in [1.807, 2.05) is 32.0 Å². The molecule has 148 valence electrons. The Bertz CT molecular complexity index is 1120. The zero-order valence-electron chi connectivity index (χ0n) is 16.1. The molecule has 0 N–H and O–H groups in total. The number of carbonyl (C=O) groups excluding carboxylic acids is 2. The summed E-state index contributed by atoms with van der Waals surface area (Å²) in [6.45, 7) is 5.37. The fourth-order valence-corrected chi connectivity index (χ4v) is 3.60. The van der Waals surface area contributed by atoms with Crippen LogP contribution < -0.4 is 4.90 Å². The molecule has 0 aliphatic rings. The number of halogens is 2. The van der Waals surface area contributed by atoms with Crippen molar-refractivity contribution in [2.24, 2.45) is 0 Å². The summed E-state index contributed by atoms with van der Waals surface area (Å²) in [6.07, 6.45) is 2.71. The molecule has 3 aromatic rings. The van der Waals surface area contributed by atoms with E-state index in [0.717, 1.165) is 28.9 Å². The SMILES string of the molecule is CC(=O)N(c1nc(C=CC(=O)c2ccc(F)c(F)c2)cs1)c1cccc(C)c1C. The summed E-state index contributed by atoms with van der Waals surface area (Å²) in [7, 11) is 0. The van der Waals surface area contributed by atoms with Gasteiger partial charge >= 0.3 is 0 Å². The van der Waals surface area contributed by atoms with Gasteiger partial charge in [0.25, 0.3) is 0 Å². The van der Waals surface area contributed by atoms with Crippen LogP contribution in [0, 0.1) is 25.5 Å². The highest BCUT2D eigenvalue weighted by Gasteiger charge is 2.20. The molecule has 7 heteroatoms. The molecule has 1 heterocycles. The zero-order valence-corrected chi connectivity index (χ0v) is 16.9. The lowest BCUT2D eigenvalue weighted by Gasteiger charge is -2.21. The number of amides is 1. The fraction of sp³-hybridized carbons (Fsp3) is 0.136. The lowest BCUT2D eigenvalue weighted by Crippen LogP contribution is -2.23. The minimum atomic E-state index is -1.08. The number of anilines is 2. The minimum Gasteiger partial charge on any atom is -0.289 e. The van der Waals surface area contributed by atoms with Crippen molar-refractivity contribution < 1.29 is 18.4 Å². The molecule has 29 heavy (non-hydrogen) atoms. The van der Waals surface area contributed by atoms with Crippen molar-refractivity contribution in [1.82, 2.24) is 4.98 Å². The molecule has 3 rings (SSSR count). The van der Waals surface area contributed by atoms with Crippen molar-refractivity contribution in [3.8, 4) is 0 Å². The monoisotopic (exact) mass is 412 g/mol. The first kappa shape index (κ1) is 20.5. The van der Waals surface area contributed by atoms with Crippen molar-refractivity contribution >= 4 is 39.9 Å². The lowest BCUT2D eigenvalue weighted by molar-refractivity contribution is -0.115. The van der Waals surface area contributed by atoms with E-state index in [4.69, 9.17) is 0 Å². The first-order valence-corrected chi connectivity index (χ1v) is 9.66. The Morgan fingerprint density at radius 1 is 1.10 bits per heavy atom. The van der Waals surface area contributed by atoms with Gasteiger partial charge in [-0.3, -0.25) is 14.5 Å². The van der Waals surface area contributed by atoms with Crippen LogP contribution in [0.25, 0.3) is 6.08 Å². The van der Waals surface area contributed by atoms with Crippen LogP contribution >= 0.6 is 11.3 Å². The van der Waals surface area contributed by atoms with Crippen LogP contribution in [0.1, 0.15) is 34.1 Å². The summed E-state index contributed by atoms with van der Waals surface area (Å²) in [4.78, 5) is 30.4. The van der Waals surface area contributed by atoms with E-state index >= 15 is 0 Å². The van der Waals surface area contributed by atoms with Gasteiger partial charge in [-0.25, -0.2) is 13.8 Å². The molecule has 4 nitrogen and oxygen atoms in total. The Hall–Kier alpha value is -3.19. The predicted molar refractivity (Wildman–Crippen MR) is 111 cm³/mol. The van der Waals surface area contributed by atoms with Gasteiger partial charge in [0.2, 0.25) is 5.91 Å². The van der Waals surface area contributed by atoms with Gasteiger partial charge in [-0.2, -0.15) is 0 Å². The molecule has 0 aliphatic heterocycles. The van der Waals surface area contributed by atoms with Gasteiger partial charge < -0.3 is 0 Å². The van der Waals surface area contributed by atoms with Crippen LogP contribution in [-0.4, -0.2) is 16.7 Å². The molecule has 1 aromatic heterocycles. The standard InChI is InChI=1S/C22H18F2N2O2S/c1-13-5-4-6-20(14(13)2)26(15(3)27)22-25-17(12-29-22)8-10-21(28)16-7-9-18(23)19(24)11-16/h4-12H,1-3H3. The summed E-state index contributed by atoms with van der Waals surface area (Å²) in [6, 6.07) is 8.68. The van der Waals surface area contributed by atoms with Gasteiger partial charge in [-0.1, -0.05) is 12.1 Å². The van der Waals surface area contributed by atoms with Gasteiger partial charge in [-0.15, -0.1) is 11.3 Å². The first-order chi connectivity index (χ1) is 13.8. The van der Waals surface area contributed by atoms with Gasteiger partial charge in [0.05, 0.1) is 11.4 Å². The Balaban J connectivity index is 1.86. The molecule has 0 saturated heterocycles. The van der Waals surface area contributed by atoms with E-state index in [1.54, 1.807) is 5.38 Å². The molecule has 2 aromatic carbocycles. The summed E-state index contributed by atoms with van der Waals surface area (Å²) in [5, 5.41) is 2.19. The third kappa shape index (κ3) is 4.46. The summed E-state index contributed by atoms with van der Waals surface area (Å²) in [5.74, 6) is -2.74. The Kier molecular flexibility index (Phi) is 5.98. The number of thiazole rings is 1. The van der Waals surface area contributed by atoms with Crippen LogP contribution in [0.2, 0.25) is 0 Å². The number of nitrogens with zero attached hydrogens (tertiary/aromatic N) is 2. The van der Waals surface area contributed by atoms with Crippen LogP contribution in [0.3, 0.4) is 0 Å². The predicted octanol–water partition coefficient (Wildman–Crippen LogP) is 5.62. The lowest BCUT2D eigenvalue weighted by atomic mass is 10.1. The zero-order chi connectivity index (χ0) is 21.1. The van der Waals surface area contributed by atoms with Gasteiger partial charge in [0.1, 0.15) is 0 Å². The maximum absolute atomic E-state index is 13.3. The second-order valence-electron chi connectivity index (χ2n) is 6.45. The Morgan fingerprint density at radius 2 is 1.86 bits per heavy atom. The Morgan fingerprint density at radius 3 is 2.55 bits per heavy atom. The van der Waals surface area contributed by atoms with Crippen molar-refractivity contribution in [3.05, 3.63) is 81.9 Å². The van der Waals surface area contributed by atoms with E-state index in [1.165, 1.54) is 41.4 Å². The molecule has 0 saturated carbocycles. The molecular weight excluding hydrogens is 394 g/mol. The van der Waals surface area contributed by atoms with Gasteiger partial charge in [-0.05, 0) is 61.4 Å². The van der Waals surface area contributed by atoms with Crippen molar-refractivity contribution in [1.29, 1.82) is 0 Å². The molecule has 0 bridgehead atoms. The summed E-state index contributed by atoms with van der Waals surface area (Å²) in [5.41, 5.74) is 3.31. The maximum atomic E-state index is 13.3. The number of hydrogen-bond donors (Lipinski definition) is 0. The quantitative estimate of drug-likeness (QED) is 0.404. The highest BCUT2D eigenvalue weighted by molar-refractivity contribution is 7.14. The normalized spacial score (nSPS) is 11.1. The van der Waals surface area contributed by atoms with E-state index in [0.29, 0.717) is 10.8 Å². The molecule has 0 unspecified atom stereocenters. The molecule has 1 amide bonds. The summed E-state index contributed by atoms with van der Waals surface area (Å²) < 4.78 is 26.3. The van der Waals surface area contributed by atoms with Gasteiger partial charge in [0.15, 0.2) is 22.5 Å². The van der Waals surface area contributed by atoms with E-state index < -0.39 is 17.4 Å². The number of allylic oxidation sites excluding steroid dienone is 1. The molecular formula is C22H18F2N2O2S. The van der Waals surface area contributed by atoms with Crippen LogP contribution in [0.15, 0.2) is 47.9 Å². The number of benzene rings is 2. The van der Waals surface area contributed by atoms with E-state index in [-0.39, 0.29) is 11.5 Å². The molecule has 0 fully saturated rings. The number of hydrogen-bond acceptors (Lipinski definition) is 4. The number of rotatable bonds is 5. The number of aryl methyl sites for hydroxylation is 1. The topological polar surface area (TPSA) is 50.3 Å². The van der Waals surface area contributed by atoms with Crippen LogP contribution in [-0.2, 0) is 4.79 Å². The minimum absolute atomic E-state index is 0.0383. The van der Waals surface area contributed by atoms with E-state index in [9.17, 15) is 18.4 Å². The smallest absolute Gasteiger partial charge is 0.230 e. The third-order valence-electron chi connectivity index (χ3n) is 4.44. The van der Waals surface area contributed by atoms with Crippen LogP contribution in [0.4, 0.5) is 19.6 Å². The molecule has 0 radical (unpaired) electrons.